The molecular weight excluding hydrogens is 349 g/mol. The van der Waals surface area contributed by atoms with Crippen molar-refractivity contribution in [1.29, 1.82) is 0 Å². The number of aromatic nitrogens is 3. The van der Waals surface area contributed by atoms with Gasteiger partial charge in [-0.05, 0) is 54.1 Å². The lowest BCUT2D eigenvalue weighted by atomic mass is 10.1. The molecule has 0 fully saturated rings. The smallest absolute Gasteiger partial charge is 0.123 e. The summed E-state index contributed by atoms with van der Waals surface area (Å²) in [6.45, 7) is 0. The van der Waals surface area contributed by atoms with Crippen LogP contribution >= 0.6 is 11.6 Å². The second kappa shape index (κ2) is 7.10. The molecule has 0 bridgehead atoms. The summed E-state index contributed by atoms with van der Waals surface area (Å²) < 4.78 is 15.2. The first-order chi connectivity index (χ1) is 12.7. The molecule has 0 saturated heterocycles. The lowest BCUT2D eigenvalue weighted by Gasteiger charge is -2.08. The predicted octanol–water partition coefficient (Wildman–Crippen LogP) is 5.32. The van der Waals surface area contributed by atoms with E-state index in [2.05, 4.69) is 4.98 Å². The third kappa shape index (κ3) is 3.51. The highest BCUT2D eigenvalue weighted by Crippen LogP contribution is 2.23. The average Bonchev–Trinajstić information content (AvgIpc) is 3.09. The van der Waals surface area contributed by atoms with Crippen molar-refractivity contribution < 1.29 is 4.39 Å². The summed E-state index contributed by atoms with van der Waals surface area (Å²) in [5, 5.41) is 0.684. The normalized spacial score (nSPS) is 10.8. The van der Waals surface area contributed by atoms with Gasteiger partial charge in [0.2, 0.25) is 0 Å². The van der Waals surface area contributed by atoms with Crippen LogP contribution in [0.1, 0.15) is 11.4 Å². The van der Waals surface area contributed by atoms with Crippen molar-refractivity contribution in [2.45, 2.75) is 6.42 Å². The zero-order valence-corrected chi connectivity index (χ0v) is 14.6. The monoisotopic (exact) mass is 363 g/mol. The molecule has 2 aromatic heterocycles. The van der Waals surface area contributed by atoms with Gasteiger partial charge in [0.25, 0.3) is 0 Å². The summed E-state index contributed by atoms with van der Waals surface area (Å²) in [4.78, 5) is 8.86. The molecule has 26 heavy (non-hydrogen) atoms. The lowest BCUT2D eigenvalue weighted by molar-refractivity contribution is 0.627. The highest BCUT2D eigenvalue weighted by atomic mass is 35.5. The third-order valence-electron chi connectivity index (χ3n) is 4.14. The van der Waals surface area contributed by atoms with E-state index in [-0.39, 0.29) is 5.82 Å². The Morgan fingerprint density at radius 1 is 0.885 bits per heavy atom. The predicted molar refractivity (Wildman–Crippen MR) is 101 cm³/mol. The number of halogens is 2. The Morgan fingerprint density at radius 3 is 2.27 bits per heavy atom. The van der Waals surface area contributed by atoms with Gasteiger partial charge in [-0.1, -0.05) is 23.7 Å². The third-order valence-corrected chi connectivity index (χ3v) is 4.39. The van der Waals surface area contributed by atoms with E-state index in [0.29, 0.717) is 11.4 Å². The standard InChI is InChI=1S/C21H15ClFN3/c22-17-3-7-19(8-4-17)26-14-20(16-9-11-24-12-10-16)25-21(26)13-15-1-5-18(23)6-2-15/h1-12,14H,13H2. The van der Waals surface area contributed by atoms with Crippen molar-refractivity contribution >= 4 is 11.6 Å². The van der Waals surface area contributed by atoms with Crippen molar-refractivity contribution in [2.75, 3.05) is 0 Å². The van der Waals surface area contributed by atoms with Crippen molar-refractivity contribution in [3.63, 3.8) is 0 Å². The van der Waals surface area contributed by atoms with Gasteiger partial charge < -0.3 is 4.57 Å². The molecule has 0 aliphatic carbocycles. The SMILES string of the molecule is Fc1ccc(Cc2nc(-c3ccncc3)cn2-c2ccc(Cl)cc2)cc1. The van der Waals surface area contributed by atoms with Crippen LogP contribution in [0.2, 0.25) is 5.02 Å². The molecule has 4 aromatic rings. The molecule has 0 aliphatic heterocycles. The molecule has 0 amide bonds. The molecule has 2 heterocycles. The van der Waals surface area contributed by atoms with Crippen molar-refractivity contribution in [3.8, 4) is 16.9 Å². The van der Waals surface area contributed by atoms with Crippen LogP contribution < -0.4 is 0 Å². The summed E-state index contributed by atoms with van der Waals surface area (Å²) in [7, 11) is 0. The van der Waals surface area contributed by atoms with Crippen LogP contribution in [0.25, 0.3) is 16.9 Å². The molecule has 128 valence electrons. The van der Waals surface area contributed by atoms with Crippen LogP contribution in [0, 0.1) is 5.82 Å². The van der Waals surface area contributed by atoms with Crippen LogP contribution in [-0.4, -0.2) is 14.5 Å². The number of nitrogens with zero attached hydrogens (tertiary/aromatic N) is 3. The minimum Gasteiger partial charge on any atom is -0.303 e. The second-order valence-corrected chi connectivity index (χ2v) is 6.36. The summed E-state index contributed by atoms with van der Waals surface area (Å²) in [5.41, 5.74) is 3.82. The van der Waals surface area contributed by atoms with Gasteiger partial charge in [-0.2, -0.15) is 0 Å². The minimum absolute atomic E-state index is 0.243. The zero-order valence-electron chi connectivity index (χ0n) is 13.8. The second-order valence-electron chi connectivity index (χ2n) is 5.93. The fourth-order valence-electron chi connectivity index (χ4n) is 2.82. The Bertz CT molecular complexity index is 1010. The van der Waals surface area contributed by atoms with Crippen LogP contribution in [0.5, 0.6) is 0 Å². The topological polar surface area (TPSA) is 30.7 Å². The van der Waals surface area contributed by atoms with E-state index in [1.807, 2.05) is 47.2 Å². The number of imidazole rings is 1. The summed E-state index contributed by atoms with van der Waals surface area (Å²) >= 11 is 6.02. The molecular formula is C21H15ClFN3. The van der Waals surface area contributed by atoms with Crippen LogP contribution in [0.15, 0.2) is 79.3 Å². The van der Waals surface area contributed by atoms with E-state index < -0.39 is 0 Å². The van der Waals surface area contributed by atoms with Gasteiger partial charge in [0.15, 0.2) is 0 Å². The minimum atomic E-state index is -0.243. The fraction of sp³-hybridized carbons (Fsp3) is 0.0476. The van der Waals surface area contributed by atoms with E-state index >= 15 is 0 Å². The first-order valence-electron chi connectivity index (χ1n) is 8.18. The molecule has 0 N–H and O–H groups in total. The number of hydrogen-bond donors (Lipinski definition) is 0. The molecule has 0 radical (unpaired) electrons. The highest BCUT2D eigenvalue weighted by molar-refractivity contribution is 6.30. The first-order valence-corrected chi connectivity index (χ1v) is 8.56. The van der Waals surface area contributed by atoms with E-state index in [9.17, 15) is 4.39 Å². The quantitative estimate of drug-likeness (QED) is 0.491. The van der Waals surface area contributed by atoms with Gasteiger partial charge in [0, 0.05) is 41.3 Å². The largest absolute Gasteiger partial charge is 0.303 e. The van der Waals surface area contributed by atoms with Gasteiger partial charge in [0.05, 0.1) is 5.69 Å². The van der Waals surface area contributed by atoms with Gasteiger partial charge >= 0.3 is 0 Å². The Hall–Kier alpha value is -2.98. The zero-order chi connectivity index (χ0) is 17.9. The van der Waals surface area contributed by atoms with E-state index in [1.54, 1.807) is 24.5 Å². The Labute approximate surface area is 155 Å². The van der Waals surface area contributed by atoms with Crippen LogP contribution in [0.3, 0.4) is 0 Å². The molecule has 0 atom stereocenters. The maximum absolute atomic E-state index is 13.2. The molecule has 0 spiro atoms. The summed E-state index contributed by atoms with van der Waals surface area (Å²) in [6, 6.07) is 18.0. The molecule has 2 aromatic carbocycles. The molecule has 0 saturated carbocycles. The number of benzene rings is 2. The Morgan fingerprint density at radius 2 is 1.58 bits per heavy atom. The number of rotatable bonds is 4. The molecule has 0 unspecified atom stereocenters. The highest BCUT2D eigenvalue weighted by Gasteiger charge is 2.12. The fourth-order valence-corrected chi connectivity index (χ4v) is 2.94. The van der Waals surface area contributed by atoms with Gasteiger partial charge in [0.1, 0.15) is 11.6 Å². The average molecular weight is 364 g/mol. The summed E-state index contributed by atoms with van der Waals surface area (Å²) in [6.07, 6.45) is 6.08. The number of pyridine rings is 1. The van der Waals surface area contributed by atoms with Crippen molar-refractivity contribution in [3.05, 3.63) is 101 Å². The summed E-state index contributed by atoms with van der Waals surface area (Å²) in [5.74, 6) is 0.623. The maximum atomic E-state index is 13.2. The lowest BCUT2D eigenvalue weighted by Crippen LogP contribution is -2.01. The maximum Gasteiger partial charge on any atom is 0.123 e. The molecule has 5 heteroatoms. The van der Waals surface area contributed by atoms with Gasteiger partial charge in [-0.3, -0.25) is 4.98 Å². The van der Waals surface area contributed by atoms with E-state index in [4.69, 9.17) is 16.6 Å². The van der Waals surface area contributed by atoms with Gasteiger partial charge in [-0.25, -0.2) is 9.37 Å². The Balaban J connectivity index is 1.78. The molecule has 0 aliphatic rings. The van der Waals surface area contributed by atoms with Crippen LogP contribution in [0.4, 0.5) is 4.39 Å². The van der Waals surface area contributed by atoms with E-state index in [0.717, 1.165) is 28.3 Å². The van der Waals surface area contributed by atoms with Crippen LogP contribution in [-0.2, 0) is 6.42 Å². The first kappa shape index (κ1) is 16.5. The van der Waals surface area contributed by atoms with E-state index in [1.165, 1.54) is 12.1 Å². The molecule has 3 nitrogen and oxygen atoms in total. The Kier molecular flexibility index (Phi) is 4.50. The van der Waals surface area contributed by atoms with Gasteiger partial charge in [-0.15, -0.1) is 0 Å². The number of hydrogen-bond acceptors (Lipinski definition) is 2. The molecule has 4 rings (SSSR count). The van der Waals surface area contributed by atoms with Crippen molar-refractivity contribution in [2.24, 2.45) is 0 Å². The van der Waals surface area contributed by atoms with Crippen molar-refractivity contribution in [1.82, 2.24) is 14.5 Å².